The number of hydrogen-bond donors (Lipinski definition) is 1. The number of guanidine groups is 1. The van der Waals surface area contributed by atoms with E-state index in [0.29, 0.717) is 18.0 Å². The average Bonchev–Trinajstić information content (AvgIpc) is 3.29. The van der Waals surface area contributed by atoms with Gasteiger partial charge in [0.2, 0.25) is 0 Å². The van der Waals surface area contributed by atoms with Crippen LogP contribution in [0.2, 0.25) is 0 Å². The number of aliphatic imine (C=N–C) groups is 1. The largest absolute Gasteiger partial charge is 0.355 e. The van der Waals surface area contributed by atoms with Crippen LogP contribution in [0.25, 0.3) is 0 Å². The molecular formula is C23H34N6. The Kier molecular flexibility index (Phi) is 6.19. The molecule has 3 heterocycles. The van der Waals surface area contributed by atoms with E-state index >= 15 is 0 Å². The van der Waals surface area contributed by atoms with Crippen molar-refractivity contribution in [3.63, 3.8) is 0 Å². The summed E-state index contributed by atoms with van der Waals surface area (Å²) < 4.78 is 2.25. The highest BCUT2D eigenvalue weighted by atomic mass is 15.3. The van der Waals surface area contributed by atoms with E-state index < -0.39 is 0 Å². The summed E-state index contributed by atoms with van der Waals surface area (Å²) in [6.07, 6.45) is 8.21. The van der Waals surface area contributed by atoms with Crippen LogP contribution in [0, 0.1) is 5.92 Å². The second-order valence-electron chi connectivity index (χ2n) is 8.56. The molecule has 1 aromatic carbocycles. The molecule has 3 unspecified atom stereocenters. The molecule has 0 saturated carbocycles. The molecule has 6 nitrogen and oxygen atoms in total. The number of rotatable bonds is 4. The van der Waals surface area contributed by atoms with Crippen LogP contribution in [0.1, 0.15) is 37.4 Å². The number of nitrogens with zero attached hydrogens (tertiary/aromatic N) is 5. The van der Waals surface area contributed by atoms with Crippen LogP contribution in [0.15, 0.2) is 48.0 Å². The lowest BCUT2D eigenvalue weighted by molar-refractivity contribution is 0.178. The predicted molar refractivity (Wildman–Crippen MR) is 118 cm³/mol. The normalized spacial score (nSPS) is 24.2. The standard InChI is InChI=1S/C23H34N6/c1-18-8-11-28(16-22(18)29-13-10-25-17-29)23(24-3)26-14-19(2)27-12-9-20-6-4-5-7-21(20)15-27/h4-7,10,13,17-19,22H,8-9,11-12,14-16H2,1-3H3,(H,24,26). The van der Waals surface area contributed by atoms with Gasteiger partial charge in [0, 0.05) is 58.2 Å². The molecule has 0 amide bonds. The third-order valence-electron chi connectivity index (χ3n) is 6.68. The predicted octanol–water partition coefficient (Wildman–Crippen LogP) is 2.79. The highest BCUT2D eigenvalue weighted by Crippen LogP contribution is 2.27. The minimum Gasteiger partial charge on any atom is -0.355 e. The first-order chi connectivity index (χ1) is 14.2. The number of benzene rings is 1. The molecule has 1 fully saturated rings. The zero-order valence-electron chi connectivity index (χ0n) is 18.0. The monoisotopic (exact) mass is 394 g/mol. The lowest BCUT2D eigenvalue weighted by atomic mass is 9.93. The summed E-state index contributed by atoms with van der Waals surface area (Å²) in [4.78, 5) is 13.8. The fourth-order valence-electron chi connectivity index (χ4n) is 4.69. The van der Waals surface area contributed by atoms with E-state index in [1.54, 1.807) is 0 Å². The van der Waals surface area contributed by atoms with Gasteiger partial charge in [-0.15, -0.1) is 0 Å². The van der Waals surface area contributed by atoms with Crippen molar-refractivity contribution >= 4 is 5.96 Å². The van der Waals surface area contributed by atoms with E-state index in [2.05, 4.69) is 74.0 Å². The second-order valence-corrected chi connectivity index (χ2v) is 8.56. The Bertz CT molecular complexity index is 815. The minimum atomic E-state index is 0.445. The van der Waals surface area contributed by atoms with E-state index in [1.165, 1.54) is 17.5 Å². The first kappa shape index (κ1) is 20.0. The SMILES string of the molecule is CN=C(NCC(C)N1CCc2ccccc2C1)N1CCC(C)C(n2ccnc2)C1. The zero-order chi connectivity index (χ0) is 20.2. The van der Waals surface area contributed by atoms with E-state index in [0.717, 1.165) is 45.1 Å². The number of nitrogens with one attached hydrogen (secondary N) is 1. The molecule has 0 radical (unpaired) electrons. The van der Waals surface area contributed by atoms with Crippen LogP contribution in [0.3, 0.4) is 0 Å². The molecule has 1 saturated heterocycles. The van der Waals surface area contributed by atoms with Crippen LogP contribution >= 0.6 is 0 Å². The first-order valence-corrected chi connectivity index (χ1v) is 10.9. The van der Waals surface area contributed by atoms with Crippen LogP contribution in [-0.4, -0.2) is 64.6 Å². The lowest BCUT2D eigenvalue weighted by Crippen LogP contribution is -2.52. The lowest BCUT2D eigenvalue weighted by Gasteiger charge is -2.40. The Hall–Kier alpha value is -2.34. The summed E-state index contributed by atoms with van der Waals surface area (Å²) in [6.45, 7) is 9.77. The van der Waals surface area contributed by atoms with Gasteiger partial charge in [-0.3, -0.25) is 9.89 Å². The van der Waals surface area contributed by atoms with Crippen molar-refractivity contribution in [3.8, 4) is 0 Å². The van der Waals surface area contributed by atoms with Gasteiger partial charge < -0.3 is 14.8 Å². The minimum absolute atomic E-state index is 0.445. The van der Waals surface area contributed by atoms with Gasteiger partial charge in [-0.25, -0.2) is 4.98 Å². The quantitative estimate of drug-likeness (QED) is 0.640. The van der Waals surface area contributed by atoms with Crippen molar-refractivity contribution in [2.45, 2.75) is 45.3 Å². The molecule has 1 N–H and O–H groups in total. The summed E-state index contributed by atoms with van der Waals surface area (Å²) in [5, 5.41) is 3.65. The van der Waals surface area contributed by atoms with Gasteiger partial charge in [0.05, 0.1) is 12.4 Å². The van der Waals surface area contributed by atoms with Crippen LogP contribution in [0.4, 0.5) is 0 Å². The number of likely N-dealkylation sites (tertiary alicyclic amines) is 1. The van der Waals surface area contributed by atoms with Crippen molar-refractivity contribution in [1.82, 2.24) is 24.7 Å². The first-order valence-electron chi connectivity index (χ1n) is 10.9. The summed E-state index contributed by atoms with van der Waals surface area (Å²) in [7, 11) is 1.90. The summed E-state index contributed by atoms with van der Waals surface area (Å²) in [6, 6.07) is 9.76. The molecule has 0 bridgehead atoms. The van der Waals surface area contributed by atoms with E-state index in [4.69, 9.17) is 0 Å². The van der Waals surface area contributed by atoms with Crippen molar-refractivity contribution < 1.29 is 0 Å². The van der Waals surface area contributed by atoms with Gasteiger partial charge >= 0.3 is 0 Å². The smallest absolute Gasteiger partial charge is 0.193 e. The van der Waals surface area contributed by atoms with Gasteiger partial charge in [-0.05, 0) is 36.8 Å². The van der Waals surface area contributed by atoms with Gasteiger partial charge in [-0.1, -0.05) is 31.2 Å². The molecule has 6 heteroatoms. The molecular weight excluding hydrogens is 360 g/mol. The third-order valence-corrected chi connectivity index (χ3v) is 6.68. The van der Waals surface area contributed by atoms with Crippen molar-refractivity contribution in [3.05, 3.63) is 54.1 Å². The molecule has 3 atom stereocenters. The molecule has 4 rings (SSSR count). The third kappa shape index (κ3) is 4.47. The van der Waals surface area contributed by atoms with Crippen molar-refractivity contribution in [2.75, 3.05) is 33.2 Å². The van der Waals surface area contributed by atoms with E-state index in [9.17, 15) is 0 Å². The number of aromatic nitrogens is 2. The Morgan fingerprint density at radius 3 is 2.86 bits per heavy atom. The van der Waals surface area contributed by atoms with Gasteiger partial charge in [-0.2, -0.15) is 0 Å². The molecule has 156 valence electrons. The number of hydrogen-bond acceptors (Lipinski definition) is 3. The molecule has 2 aromatic rings. The molecule has 2 aliphatic rings. The Labute approximate surface area is 174 Å². The molecule has 2 aliphatic heterocycles. The highest BCUT2D eigenvalue weighted by Gasteiger charge is 2.29. The van der Waals surface area contributed by atoms with E-state index in [-0.39, 0.29) is 0 Å². The van der Waals surface area contributed by atoms with Crippen LogP contribution in [0.5, 0.6) is 0 Å². The number of piperidine rings is 1. The van der Waals surface area contributed by atoms with Crippen molar-refractivity contribution in [1.29, 1.82) is 0 Å². The fourth-order valence-corrected chi connectivity index (χ4v) is 4.69. The van der Waals surface area contributed by atoms with Gasteiger partial charge in [0.25, 0.3) is 0 Å². The molecule has 1 aromatic heterocycles. The number of fused-ring (bicyclic) bond motifs is 1. The maximum absolute atomic E-state index is 4.59. The molecule has 0 spiro atoms. The zero-order valence-corrected chi connectivity index (χ0v) is 18.0. The Morgan fingerprint density at radius 1 is 1.28 bits per heavy atom. The maximum Gasteiger partial charge on any atom is 0.193 e. The fraction of sp³-hybridized carbons (Fsp3) is 0.565. The second kappa shape index (κ2) is 8.99. The number of imidazole rings is 1. The van der Waals surface area contributed by atoms with Crippen LogP contribution in [-0.2, 0) is 13.0 Å². The van der Waals surface area contributed by atoms with E-state index in [1.807, 2.05) is 19.6 Å². The van der Waals surface area contributed by atoms with Gasteiger partial charge in [0.1, 0.15) is 0 Å². The van der Waals surface area contributed by atoms with Crippen LogP contribution < -0.4 is 5.32 Å². The highest BCUT2D eigenvalue weighted by molar-refractivity contribution is 5.80. The Morgan fingerprint density at radius 2 is 2.10 bits per heavy atom. The Balaban J connectivity index is 1.33. The van der Waals surface area contributed by atoms with Gasteiger partial charge in [0.15, 0.2) is 5.96 Å². The topological polar surface area (TPSA) is 48.7 Å². The summed E-state index contributed by atoms with van der Waals surface area (Å²) in [5.41, 5.74) is 2.98. The average molecular weight is 395 g/mol. The summed E-state index contributed by atoms with van der Waals surface area (Å²) in [5.74, 6) is 1.66. The maximum atomic E-state index is 4.59. The molecule has 0 aliphatic carbocycles. The molecule has 29 heavy (non-hydrogen) atoms. The van der Waals surface area contributed by atoms with Crippen molar-refractivity contribution in [2.24, 2.45) is 10.9 Å². The summed E-state index contributed by atoms with van der Waals surface area (Å²) >= 11 is 0.